The van der Waals surface area contributed by atoms with Crippen LogP contribution in [0, 0.1) is 0 Å². The summed E-state index contributed by atoms with van der Waals surface area (Å²) in [4.78, 5) is 23.0. The van der Waals surface area contributed by atoms with E-state index in [9.17, 15) is 18.0 Å². The second kappa shape index (κ2) is 6.45. The van der Waals surface area contributed by atoms with Gasteiger partial charge in [0.05, 0.1) is 12.8 Å². The van der Waals surface area contributed by atoms with Crippen molar-refractivity contribution < 1.29 is 18.0 Å². The fourth-order valence-corrected chi connectivity index (χ4v) is 3.20. The van der Waals surface area contributed by atoms with Crippen LogP contribution in [0.3, 0.4) is 0 Å². The molecular formula is C14H19N3O4S. The number of hydrogen-bond acceptors (Lipinski definition) is 4. The van der Waals surface area contributed by atoms with Gasteiger partial charge >= 0.3 is 0 Å². The molecule has 0 saturated heterocycles. The zero-order valence-corrected chi connectivity index (χ0v) is 13.3. The number of amides is 2. The third kappa shape index (κ3) is 4.81. The predicted octanol–water partition coefficient (Wildman–Crippen LogP) is 1.01. The van der Waals surface area contributed by atoms with Gasteiger partial charge in [-0.05, 0) is 31.0 Å². The molecule has 2 N–H and O–H groups in total. The van der Waals surface area contributed by atoms with Crippen LogP contribution in [-0.4, -0.2) is 43.4 Å². The van der Waals surface area contributed by atoms with Crippen molar-refractivity contribution in [2.75, 3.05) is 23.4 Å². The fraction of sp³-hybridized carbons (Fsp3) is 0.429. The Morgan fingerprint density at radius 3 is 2.32 bits per heavy atom. The lowest BCUT2D eigenvalue weighted by molar-refractivity contribution is -0.116. The highest BCUT2D eigenvalue weighted by atomic mass is 32.2. The Bertz CT molecular complexity index is 683. The first kappa shape index (κ1) is 16.4. The molecular weight excluding hydrogens is 306 g/mol. The zero-order valence-electron chi connectivity index (χ0n) is 12.5. The van der Waals surface area contributed by atoms with Crippen molar-refractivity contribution >= 4 is 33.2 Å². The van der Waals surface area contributed by atoms with Gasteiger partial charge in [-0.25, -0.2) is 8.42 Å². The van der Waals surface area contributed by atoms with Crippen molar-refractivity contribution in [2.24, 2.45) is 0 Å². The Hall–Kier alpha value is -1.93. The smallest absolute Gasteiger partial charge is 0.239 e. The van der Waals surface area contributed by atoms with Crippen LogP contribution in [0.5, 0.6) is 0 Å². The molecule has 0 heterocycles. The van der Waals surface area contributed by atoms with Crippen molar-refractivity contribution in [3.8, 4) is 0 Å². The van der Waals surface area contributed by atoms with Gasteiger partial charge in [-0.15, -0.1) is 0 Å². The summed E-state index contributed by atoms with van der Waals surface area (Å²) in [5.74, 6) is -0.613. The third-order valence-electron chi connectivity index (χ3n) is 3.15. The van der Waals surface area contributed by atoms with E-state index in [0.29, 0.717) is 11.4 Å². The van der Waals surface area contributed by atoms with Gasteiger partial charge in [0.1, 0.15) is 0 Å². The van der Waals surface area contributed by atoms with Gasteiger partial charge in [0.25, 0.3) is 0 Å². The van der Waals surface area contributed by atoms with Crippen LogP contribution < -0.4 is 10.6 Å². The van der Waals surface area contributed by atoms with Crippen LogP contribution in [0.25, 0.3) is 0 Å². The lowest BCUT2D eigenvalue weighted by Gasteiger charge is -2.18. The minimum absolute atomic E-state index is 0.0635. The molecule has 2 amide bonds. The Labute approximate surface area is 129 Å². The van der Waals surface area contributed by atoms with Crippen LogP contribution in [0.2, 0.25) is 0 Å². The minimum Gasteiger partial charge on any atom is -0.326 e. The summed E-state index contributed by atoms with van der Waals surface area (Å²) >= 11 is 0. The second-order valence-corrected chi connectivity index (χ2v) is 7.28. The van der Waals surface area contributed by atoms with Crippen molar-refractivity contribution in [1.82, 2.24) is 4.31 Å². The fourth-order valence-electron chi connectivity index (χ4n) is 2.10. The number of hydrogen-bond donors (Lipinski definition) is 2. The molecule has 1 saturated carbocycles. The van der Waals surface area contributed by atoms with E-state index in [2.05, 4.69) is 10.6 Å². The molecule has 2 rings (SSSR count). The molecule has 0 spiro atoms. The summed E-state index contributed by atoms with van der Waals surface area (Å²) in [7, 11) is -3.40. The lowest BCUT2D eigenvalue weighted by atomic mass is 10.2. The van der Waals surface area contributed by atoms with Crippen molar-refractivity contribution in [1.29, 1.82) is 0 Å². The van der Waals surface area contributed by atoms with Crippen LogP contribution in [0.1, 0.15) is 19.8 Å². The molecule has 1 aromatic carbocycles. The topological polar surface area (TPSA) is 95.6 Å². The molecule has 0 atom stereocenters. The number of sulfonamides is 1. The van der Waals surface area contributed by atoms with Gasteiger partial charge in [0.2, 0.25) is 21.8 Å². The summed E-state index contributed by atoms with van der Waals surface area (Å²) in [6, 6.07) is 6.61. The molecule has 7 nitrogen and oxygen atoms in total. The first-order chi connectivity index (χ1) is 10.3. The molecule has 0 bridgehead atoms. The number of carbonyl (C=O) groups excluding carboxylic acids is 2. The van der Waals surface area contributed by atoms with E-state index in [-0.39, 0.29) is 18.5 Å². The molecule has 8 heteroatoms. The van der Waals surface area contributed by atoms with Gasteiger partial charge in [-0.2, -0.15) is 4.31 Å². The van der Waals surface area contributed by atoms with Gasteiger partial charge < -0.3 is 10.6 Å². The number of nitrogens with zero attached hydrogens (tertiary/aromatic N) is 1. The Balaban J connectivity index is 2.01. The van der Waals surface area contributed by atoms with Crippen LogP contribution in [0.15, 0.2) is 24.3 Å². The Morgan fingerprint density at radius 2 is 1.82 bits per heavy atom. The van der Waals surface area contributed by atoms with Gasteiger partial charge in [-0.3, -0.25) is 9.59 Å². The second-order valence-electron chi connectivity index (χ2n) is 5.35. The highest BCUT2D eigenvalue weighted by Crippen LogP contribution is 2.28. The molecule has 0 aliphatic heterocycles. The Kier molecular flexibility index (Phi) is 4.82. The largest absolute Gasteiger partial charge is 0.326 e. The molecule has 0 radical (unpaired) electrons. The number of benzene rings is 1. The normalized spacial score (nSPS) is 14.7. The van der Waals surface area contributed by atoms with E-state index in [1.807, 2.05) is 0 Å². The molecule has 0 aromatic heterocycles. The first-order valence-electron chi connectivity index (χ1n) is 6.90. The molecule has 0 unspecified atom stereocenters. The van der Waals surface area contributed by atoms with Crippen molar-refractivity contribution in [2.45, 2.75) is 25.8 Å². The van der Waals surface area contributed by atoms with Gasteiger partial charge in [0, 0.05) is 24.3 Å². The van der Waals surface area contributed by atoms with Crippen LogP contribution in [0.4, 0.5) is 11.4 Å². The highest BCUT2D eigenvalue weighted by Gasteiger charge is 2.36. The van der Waals surface area contributed by atoms with E-state index >= 15 is 0 Å². The number of rotatable bonds is 6. The van der Waals surface area contributed by atoms with E-state index in [4.69, 9.17) is 0 Å². The van der Waals surface area contributed by atoms with Crippen molar-refractivity contribution in [3.05, 3.63) is 24.3 Å². The van der Waals surface area contributed by atoms with E-state index < -0.39 is 15.9 Å². The van der Waals surface area contributed by atoms with Crippen LogP contribution in [-0.2, 0) is 19.6 Å². The average Bonchev–Trinajstić information content (AvgIpc) is 3.18. The number of carbonyl (C=O) groups is 2. The standard InChI is InChI=1S/C14H19N3O4S/c1-10(18)15-11-4-3-5-12(8-11)16-14(19)9-17(13-6-7-13)22(2,20)21/h3-5,8,13H,6-7,9H2,1-2H3,(H,15,18)(H,16,19). The number of anilines is 2. The molecule has 1 aliphatic rings. The summed E-state index contributed by atoms with van der Waals surface area (Å²) < 4.78 is 24.6. The van der Waals surface area contributed by atoms with E-state index in [1.165, 1.54) is 11.2 Å². The highest BCUT2D eigenvalue weighted by molar-refractivity contribution is 7.88. The Morgan fingerprint density at radius 1 is 1.23 bits per heavy atom. The zero-order chi connectivity index (χ0) is 16.3. The monoisotopic (exact) mass is 325 g/mol. The minimum atomic E-state index is -3.40. The summed E-state index contributed by atoms with van der Waals surface area (Å²) in [6.07, 6.45) is 2.69. The van der Waals surface area contributed by atoms with Crippen molar-refractivity contribution in [3.63, 3.8) is 0 Å². The van der Waals surface area contributed by atoms with Crippen LogP contribution >= 0.6 is 0 Å². The lowest BCUT2D eigenvalue weighted by Crippen LogP contribution is -2.38. The van der Waals surface area contributed by atoms with Gasteiger partial charge in [-0.1, -0.05) is 6.07 Å². The first-order valence-corrected chi connectivity index (χ1v) is 8.75. The molecule has 1 aliphatic carbocycles. The summed E-state index contributed by atoms with van der Waals surface area (Å²) in [6.45, 7) is 1.19. The number of nitrogens with one attached hydrogen (secondary N) is 2. The maximum atomic E-state index is 12.0. The SMILES string of the molecule is CC(=O)Nc1cccc(NC(=O)CN(C2CC2)S(C)(=O)=O)c1. The summed E-state index contributed by atoms with van der Waals surface area (Å²) in [5.41, 5.74) is 1.06. The summed E-state index contributed by atoms with van der Waals surface area (Å²) in [5, 5.41) is 5.26. The third-order valence-corrected chi connectivity index (χ3v) is 4.43. The van der Waals surface area contributed by atoms with Gasteiger partial charge in [0.15, 0.2) is 0 Å². The maximum absolute atomic E-state index is 12.0. The van der Waals surface area contributed by atoms with E-state index in [0.717, 1.165) is 19.1 Å². The molecule has 120 valence electrons. The molecule has 1 fully saturated rings. The maximum Gasteiger partial charge on any atom is 0.239 e. The predicted molar refractivity (Wildman–Crippen MR) is 83.9 cm³/mol. The molecule has 1 aromatic rings. The quantitative estimate of drug-likeness (QED) is 0.816. The molecule has 22 heavy (non-hydrogen) atoms. The average molecular weight is 325 g/mol. The van der Waals surface area contributed by atoms with E-state index in [1.54, 1.807) is 24.3 Å².